The molecule has 4 aromatic rings. The third-order valence-electron chi connectivity index (χ3n) is 4.75. The molecule has 0 radical (unpaired) electrons. The summed E-state index contributed by atoms with van der Waals surface area (Å²) >= 11 is 7.21. The highest BCUT2D eigenvalue weighted by atomic mass is 35.5. The zero-order valence-electron chi connectivity index (χ0n) is 18.5. The minimum atomic E-state index is -1.22. The summed E-state index contributed by atoms with van der Waals surface area (Å²) in [6, 6.07) is 7.18. The fourth-order valence-corrected chi connectivity index (χ4v) is 4.15. The number of amides is 2. The number of anilines is 3. The number of nitrogens with one attached hydrogen (secondary N) is 3. The Bertz CT molecular complexity index is 1350. The molecule has 2 amide bonds. The van der Waals surface area contributed by atoms with Crippen LogP contribution in [0.3, 0.4) is 0 Å². The van der Waals surface area contributed by atoms with Crippen molar-refractivity contribution in [3.63, 3.8) is 0 Å². The summed E-state index contributed by atoms with van der Waals surface area (Å²) in [6.45, 7) is 3.13. The summed E-state index contributed by atoms with van der Waals surface area (Å²) in [5, 5.41) is 12.9. The maximum atomic E-state index is 13.5. The Morgan fingerprint density at radius 2 is 1.91 bits per heavy atom. The van der Waals surface area contributed by atoms with E-state index in [-0.39, 0.29) is 10.7 Å². The highest BCUT2D eigenvalue weighted by molar-refractivity contribution is 7.13. The van der Waals surface area contributed by atoms with Crippen molar-refractivity contribution in [2.45, 2.75) is 26.1 Å². The molecule has 0 saturated heterocycles. The second-order valence-electron chi connectivity index (χ2n) is 7.36. The lowest BCUT2D eigenvalue weighted by molar-refractivity contribution is 0.0934. The molecule has 3 aromatic heterocycles. The maximum Gasteiger partial charge on any atom is 0.270 e. The van der Waals surface area contributed by atoms with Gasteiger partial charge in [0.25, 0.3) is 11.8 Å². The minimum Gasteiger partial charge on any atom is -0.363 e. The maximum absolute atomic E-state index is 13.5. The van der Waals surface area contributed by atoms with Gasteiger partial charge in [-0.2, -0.15) is 0 Å². The number of hydrogen-bond acceptors (Lipinski definition) is 9. The van der Waals surface area contributed by atoms with Crippen LogP contribution in [0.1, 0.15) is 56.8 Å². The van der Waals surface area contributed by atoms with E-state index in [2.05, 4.69) is 36.1 Å². The van der Waals surface area contributed by atoms with E-state index >= 15 is 0 Å². The molecular formula is C22H19ClFN7O3S. The van der Waals surface area contributed by atoms with Gasteiger partial charge in [0.2, 0.25) is 0 Å². The zero-order chi connectivity index (χ0) is 24.9. The topological polar surface area (TPSA) is 135 Å². The van der Waals surface area contributed by atoms with Gasteiger partial charge in [0.1, 0.15) is 40.2 Å². The molecule has 0 saturated carbocycles. The van der Waals surface area contributed by atoms with E-state index in [1.807, 2.05) is 0 Å². The molecular weight excluding hydrogens is 497 g/mol. The van der Waals surface area contributed by atoms with Crippen molar-refractivity contribution >= 4 is 52.1 Å². The molecule has 3 N–H and O–H groups in total. The summed E-state index contributed by atoms with van der Waals surface area (Å²) in [5.74, 6) is -0.0360. The van der Waals surface area contributed by atoms with Gasteiger partial charge >= 0.3 is 0 Å². The fourth-order valence-electron chi connectivity index (χ4n) is 3.00. The first kappa shape index (κ1) is 24.2. The minimum absolute atomic E-state index is 0.135. The van der Waals surface area contributed by atoms with Gasteiger partial charge in [-0.1, -0.05) is 22.8 Å². The number of thiazole rings is 1. The van der Waals surface area contributed by atoms with Crippen LogP contribution >= 0.6 is 22.9 Å². The third kappa shape index (κ3) is 5.97. The van der Waals surface area contributed by atoms with Gasteiger partial charge in [-0.3, -0.25) is 9.59 Å². The van der Waals surface area contributed by atoms with Crippen LogP contribution in [0.25, 0.3) is 0 Å². The van der Waals surface area contributed by atoms with Crippen LogP contribution in [0, 0.1) is 0 Å². The van der Waals surface area contributed by atoms with E-state index in [9.17, 15) is 14.0 Å². The molecule has 0 fully saturated rings. The quantitative estimate of drug-likeness (QED) is 0.295. The number of hydrogen-bond donors (Lipinski definition) is 3. The van der Waals surface area contributed by atoms with Crippen LogP contribution in [0.5, 0.6) is 0 Å². The molecule has 180 valence electrons. The highest BCUT2D eigenvalue weighted by Crippen LogP contribution is 2.29. The number of benzene rings is 1. The van der Waals surface area contributed by atoms with E-state index in [1.54, 1.807) is 19.1 Å². The van der Waals surface area contributed by atoms with Gasteiger partial charge < -0.3 is 20.5 Å². The first-order chi connectivity index (χ1) is 16.8. The second-order valence-corrected chi connectivity index (χ2v) is 8.83. The van der Waals surface area contributed by atoms with Crippen LogP contribution in [-0.2, 0) is 0 Å². The predicted molar refractivity (Wildman–Crippen MR) is 129 cm³/mol. The van der Waals surface area contributed by atoms with Gasteiger partial charge in [-0.25, -0.2) is 19.3 Å². The summed E-state index contributed by atoms with van der Waals surface area (Å²) in [7, 11) is 0. The van der Waals surface area contributed by atoms with Crippen molar-refractivity contribution in [3.8, 4) is 0 Å². The van der Waals surface area contributed by atoms with Gasteiger partial charge in [-0.05, 0) is 26.0 Å². The lowest BCUT2D eigenvalue weighted by Crippen LogP contribution is -2.27. The van der Waals surface area contributed by atoms with Crippen molar-refractivity contribution in [3.05, 3.63) is 75.3 Å². The Balaban J connectivity index is 1.38. The zero-order valence-corrected chi connectivity index (χ0v) is 20.0. The standard InChI is InChI=1S/C22H19ClFN7O3S/c1-11(24)14-4-3-13(7-15(14)23)29-21(33)17-9-25-22(35-17)12(2)28-20(32)16-8-19(27-10-26-16)30-18-5-6-34-31-18/h3-12H,1-2H3,(H,28,32)(H,29,33)(H,26,27,30,31). The number of aromatic nitrogens is 4. The average Bonchev–Trinajstić information content (AvgIpc) is 3.51. The SMILES string of the molecule is CC(F)c1ccc(NC(=O)c2cnc(C(C)NC(=O)c3cc(Nc4ccon4)ncn3)s2)cc1Cl. The summed E-state index contributed by atoms with van der Waals surface area (Å²) in [5.41, 5.74) is 0.911. The Labute approximate surface area is 207 Å². The van der Waals surface area contributed by atoms with E-state index < -0.39 is 24.0 Å². The molecule has 10 nitrogen and oxygen atoms in total. The van der Waals surface area contributed by atoms with Crippen LogP contribution in [-0.4, -0.2) is 31.9 Å². The Morgan fingerprint density at radius 1 is 1.09 bits per heavy atom. The first-order valence-corrected chi connectivity index (χ1v) is 11.5. The number of nitrogens with zero attached hydrogens (tertiary/aromatic N) is 4. The normalized spacial score (nSPS) is 12.6. The average molecular weight is 516 g/mol. The Kier molecular flexibility index (Phi) is 7.32. The largest absolute Gasteiger partial charge is 0.363 e. The Hall–Kier alpha value is -3.90. The number of carbonyl (C=O) groups is 2. The molecule has 13 heteroatoms. The fraction of sp³-hybridized carbons (Fsp3) is 0.182. The molecule has 0 aliphatic rings. The number of alkyl halides is 1. The molecule has 2 unspecified atom stereocenters. The van der Waals surface area contributed by atoms with Crippen LogP contribution in [0.4, 0.5) is 21.7 Å². The molecule has 0 bridgehead atoms. The Morgan fingerprint density at radius 3 is 2.63 bits per heavy atom. The lowest BCUT2D eigenvalue weighted by Gasteiger charge is -2.11. The lowest BCUT2D eigenvalue weighted by atomic mass is 10.1. The molecule has 2 atom stereocenters. The molecule has 0 aliphatic carbocycles. The van der Waals surface area contributed by atoms with E-state index in [4.69, 9.17) is 16.1 Å². The number of carbonyl (C=O) groups excluding carboxylic acids is 2. The van der Waals surface area contributed by atoms with Gasteiger partial charge in [0, 0.05) is 28.4 Å². The molecule has 35 heavy (non-hydrogen) atoms. The monoisotopic (exact) mass is 515 g/mol. The van der Waals surface area contributed by atoms with Gasteiger partial charge in [0.05, 0.1) is 12.2 Å². The smallest absolute Gasteiger partial charge is 0.270 e. The summed E-state index contributed by atoms with van der Waals surface area (Å²) < 4.78 is 18.3. The van der Waals surface area contributed by atoms with Gasteiger partial charge in [-0.15, -0.1) is 11.3 Å². The molecule has 1 aromatic carbocycles. The van der Waals surface area contributed by atoms with Crippen LogP contribution in [0.15, 0.2) is 53.6 Å². The highest BCUT2D eigenvalue weighted by Gasteiger charge is 2.19. The van der Waals surface area contributed by atoms with Crippen LogP contribution in [0.2, 0.25) is 5.02 Å². The molecule has 0 aliphatic heterocycles. The molecule has 4 rings (SSSR count). The van der Waals surface area contributed by atoms with Crippen molar-refractivity contribution in [2.24, 2.45) is 0 Å². The van der Waals surface area contributed by atoms with E-state index in [0.29, 0.717) is 32.8 Å². The van der Waals surface area contributed by atoms with Crippen molar-refractivity contribution < 1.29 is 18.5 Å². The first-order valence-electron chi connectivity index (χ1n) is 10.3. The molecule has 0 spiro atoms. The number of rotatable bonds is 8. The summed E-state index contributed by atoms with van der Waals surface area (Å²) in [6.07, 6.45) is 2.86. The van der Waals surface area contributed by atoms with E-state index in [0.717, 1.165) is 11.3 Å². The van der Waals surface area contributed by atoms with Crippen LogP contribution < -0.4 is 16.0 Å². The van der Waals surface area contributed by atoms with Crippen molar-refractivity contribution in [1.29, 1.82) is 0 Å². The third-order valence-corrected chi connectivity index (χ3v) is 6.25. The second kappa shape index (κ2) is 10.6. The van der Waals surface area contributed by atoms with Gasteiger partial charge in [0.15, 0.2) is 5.82 Å². The predicted octanol–water partition coefficient (Wildman–Crippen LogP) is 5.09. The molecule has 3 heterocycles. The number of halogens is 2. The van der Waals surface area contributed by atoms with Crippen molar-refractivity contribution in [1.82, 2.24) is 25.4 Å². The van der Waals surface area contributed by atoms with Crippen molar-refractivity contribution in [2.75, 3.05) is 10.6 Å². The van der Waals surface area contributed by atoms with E-state index in [1.165, 1.54) is 43.9 Å². The summed E-state index contributed by atoms with van der Waals surface area (Å²) in [4.78, 5) is 37.9.